The summed E-state index contributed by atoms with van der Waals surface area (Å²) in [7, 11) is 0. The van der Waals surface area contributed by atoms with Gasteiger partial charge in [0.15, 0.2) is 5.82 Å². The number of carboxylic acids is 1. The summed E-state index contributed by atoms with van der Waals surface area (Å²) in [6.45, 7) is 4.67. The van der Waals surface area contributed by atoms with Crippen molar-refractivity contribution in [3.8, 4) is 0 Å². The molecule has 1 heterocycles. The minimum absolute atomic E-state index is 0.0380. The van der Waals surface area contributed by atoms with Gasteiger partial charge in [-0.2, -0.15) is 4.98 Å². The van der Waals surface area contributed by atoms with Crippen molar-refractivity contribution in [1.82, 2.24) is 15.0 Å². The first kappa shape index (κ1) is 20.3. The highest BCUT2D eigenvalue weighted by atomic mass is 16.5. The number of aromatic carboxylic acids is 1. The first-order chi connectivity index (χ1) is 13.9. The molecule has 7 heteroatoms. The molecule has 0 aliphatic rings. The van der Waals surface area contributed by atoms with Crippen LogP contribution in [0.1, 0.15) is 53.0 Å². The molecule has 3 rings (SSSR count). The SMILES string of the molecule is CC(C)c1nc(CC(=O)N(Cc2ccccc2)Cc2ccc(C(=O)O)cc2)no1. The van der Waals surface area contributed by atoms with Gasteiger partial charge in [0.2, 0.25) is 11.8 Å². The molecule has 2 aromatic carbocycles. The Morgan fingerprint density at radius 3 is 2.17 bits per heavy atom. The van der Waals surface area contributed by atoms with Crippen molar-refractivity contribution in [1.29, 1.82) is 0 Å². The number of rotatable bonds is 8. The van der Waals surface area contributed by atoms with E-state index in [-0.39, 0.29) is 23.8 Å². The average Bonchev–Trinajstić information content (AvgIpc) is 3.17. The molecule has 1 aromatic heterocycles. The largest absolute Gasteiger partial charge is 0.478 e. The van der Waals surface area contributed by atoms with Crippen LogP contribution >= 0.6 is 0 Å². The smallest absolute Gasteiger partial charge is 0.335 e. The van der Waals surface area contributed by atoms with Crippen molar-refractivity contribution in [2.24, 2.45) is 0 Å². The topological polar surface area (TPSA) is 96.5 Å². The Morgan fingerprint density at radius 1 is 1.00 bits per heavy atom. The van der Waals surface area contributed by atoms with Gasteiger partial charge in [0.25, 0.3) is 0 Å². The maximum absolute atomic E-state index is 13.0. The molecule has 150 valence electrons. The Bertz CT molecular complexity index is 965. The number of amides is 1. The van der Waals surface area contributed by atoms with Gasteiger partial charge >= 0.3 is 5.97 Å². The molecule has 3 aromatic rings. The minimum Gasteiger partial charge on any atom is -0.478 e. The van der Waals surface area contributed by atoms with Gasteiger partial charge in [0.05, 0.1) is 12.0 Å². The van der Waals surface area contributed by atoms with Crippen LogP contribution in [0.2, 0.25) is 0 Å². The molecule has 0 unspecified atom stereocenters. The third kappa shape index (κ3) is 5.51. The molecular formula is C22H23N3O4. The molecule has 0 aliphatic carbocycles. The van der Waals surface area contributed by atoms with Crippen molar-refractivity contribution >= 4 is 11.9 Å². The molecule has 0 saturated heterocycles. The van der Waals surface area contributed by atoms with E-state index in [1.54, 1.807) is 17.0 Å². The number of carboxylic acid groups (broad SMARTS) is 1. The number of nitrogens with zero attached hydrogens (tertiary/aromatic N) is 3. The zero-order valence-electron chi connectivity index (χ0n) is 16.4. The number of hydrogen-bond donors (Lipinski definition) is 1. The van der Waals surface area contributed by atoms with Crippen LogP contribution in [0.3, 0.4) is 0 Å². The van der Waals surface area contributed by atoms with Crippen LogP contribution in [0, 0.1) is 0 Å². The second-order valence-corrected chi connectivity index (χ2v) is 7.12. The van der Waals surface area contributed by atoms with E-state index in [0.717, 1.165) is 11.1 Å². The third-order valence-electron chi connectivity index (χ3n) is 4.43. The van der Waals surface area contributed by atoms with E-state index >= 15 is 0 Å². The Hall–Kier alpha value is -3.48. The van der Waals surface area contributed by atoms with Crippen LogP contribution in [-0.4, -0.2) is 32.0 Å². The van der Waals surface area contributed by atoms with Gasteiger partial charge in [0.1, 0.15) is 0 Å². The van der Waals surface area contributed by atoms with Gasteiger partial charge in [-0.1, -0.05) is 61.5 Å². The van der Waals surface area contributed by atoms with Gasteiger partial charge in [0, 0.05) is 19.0 Å². The molecule has 0 aliphatic heterocycles. The summed E-state index contributed by atoms with van der Waals surface area (Å²) in [5, 5.41) is 13.0. The lowest BCUT2D eigenvalue weighted by atomic mass is 10.1. The number of aromatic nitrogens is 2. The summed E-state index contributed by atoms with van der Waals surface area (Å²) in [5.74, 6) is -0.150. The second-order valence-electron chi connectivity index (χ2n) is 7.12. The van der Waals surface area contributed by atoms with E-state index in [1.165, 1.54) is 12.1 Å². The molecule has 0 radical (unpaired) electrons. The van der Waals surface area contributed by atoms with Crippen LogP contribution < -0.4 is 0 Å². The van der Waals surface area contributed by atoms with Crippen molar-refractivity contribution in [2.75, 3.05) is 0 Å². The molecule has 0 saturated carbocycles. The zero-order chi connectivity index (χ0) is 20.8. The van der Waals surface area contributed by atoms with E-state index in [1.807, 2.05) is 44.2 Å². The van der Waals surface area contributed by atoms with Crippen molar-refractivity contribution in [3.63, 3.8) is 0 Å². The van der Waals surface area contributed by atoms with Crippen molar-refractivity contribution in [2.45, 2.75) is 39.3 Å². The fourth-order valence-electron chi connectivity index (χ4n) is 2.83. The molecule has 0 fully saturated rings. The van der Waals surface area contributed by atoms with Crippen molar-refractivity contribution in [3.05, 3.63) is 83.0 Å². The lowest BCUT2D eigenvalue weighted by Crippen LogP contribution is -2.31. The van der Waals surface area contributed by atoms with E-state index in [9.17, 15) is 9.59 Å². The van der Waals surface area contributed by atoms with Crippen LogP contribution in [0.5, 0.6) is 0 Å². The fourth-order valence-corrected chi connectivity index (χ4v) is 2.83. The van der Waals surface area contributed by atoms with Crippen LogP contribution in [0.25, 0.3) is 0 Å². The van der Waals surface area contributed by atoms with Gasteiger partial charge in [-0.05, 0) is 23.3 Å². The van der Waals surface area contributed by atoms with Gasteiger partial charge in [-0.25, -0.2) is 4.79 Å². The Kier molecular flexibility index (Phi) is 6.39. The summed E-state index contributed by atoms with van der Waals surface area (Å²) in [4.78, 5) is 30.0. The highest BCUT2D eigenvalue weighted by Crippen LogP contribution is 2.15. The van der Waals surface area contributed by atoms with Crippen LogP contribution in [0.15, 0.2) is 59.1 Å². The maximum atomic E-state index is 13.0. The number of carbonyl (C=O) groups excluding carboxylic acids is 1. The minimum atomic E-state index is -0.980. The van der Waals surface area contributed by atoms with E-state index in [2.05, 4.69) is 10.1 Å². The maximum Gasteiger partial charge on any atom is 0.335 e. The highest BCUT2D eigenvalue weighted by molar-refractivity contribution is 5.87. The second kappa shape index (κ2) is 9.14. The molecule has 0 bridgehead atoms. The van der Waals surface area contributed by atoms with E-state index < -0.39 is 5.97 Å². The predicted molar refractivity (Wildman–Crippen MR) is 106 cm³/mol. The predicted octanol–water partition coefficient (Wildman–Crippen LogP) is 3.66. The highest BCUT2D eigenvalue weighted by Gasteiger charge is 2.19. The molecular weight excluding hydrogens is 370 g/mol. The van der Waals surface area contributed by atoms with E-state index in [0.29, 0.717) is 24.8 Å². The average molecular weight is 393 g/mol. The summed E-state index contributed by atoms with van der Waals surface area (Å²) >= 11 is 0. The quantitative estimate of drug-likeness (QED) is 0.627. The number of benzene rings is 2. The van der Waals surface area contributed by atoms with Gasteiger partial charge < -0.3 is 14.5 Å². The summed E-state index contributed by atoms with van der Waals surface area (Å²) in [5.41, 5.74) is 2.05. The Labute approximate surface area is 169 Å². The van der Waals surface area contributed by atoms with E-state index in [4.69, 9.17) is 9.63 Å². The number of hydrogen-bond acceptors (Lipinski definition) is 5. The molecule has 1 amide bonds. The monoisotopic (exact) mass is 393 g/mol. The normalized spacial score (nSPS) is 10.9. The first-order valence-electron chi connectivity index (χ1n) is 9.39. The lowest BCUT2D eigenvalue weighted by molar-refractivity contribution is -0.131. The Balaban J connectivity index is 1.77. The third-order valence-corrected chi connectivity index (χ3v) is 4.43. The Morgan fingerprint density at radius 2 is 1.62 bits per heavy atom. The zero-order valence-corrected chi connectivity index (χ0v) is 16.4. The summed E-state index contributed by atoms with van der Waals surface area (Å²) in [6, 6.07) is 16.2. The molecule has 29 heavy (non-hydrogen) atoms. The van der Waals surface area contributed by atoms with Crippen molar-refractivity contribution < 1.29 is 19.2 Å². The summed E-state index contributed by atoms with van der Waals surface area (Å²) in [6.07, 6.45) is 0.0380. The lowest BCUT2D eigenvalue weighted by Gasteiger charge is -2.23. The van der Waals surface area contributed by atoms with Crippen LogP contribution in [-0.2, 0) is 24.3 Å². The van der Waals surface area contributed by atoms with Gasteiger partial charge in [-0.15, -0.1) is 0 Å². The standard InChI is InChI=1S/C22H23N3O4/c1-15(2)21-23-19(24-29-21)12-20(26)25(13-16-6-4-3-5-7-16)14-17-8-10-18(11-9-17)22(27)28/h3-11,15H,12-14H2,1-2H3,(H,27,28). The van der Waals surface area contributed by atoms with Crippen LogP contribution in [0.4, 0.5) is 0 Å². The molecule has 1 N–H and O–H groups in total. The molecule has 7 nitrogen and oxygen atoms in total. The summed E-state index contributed by atoms with van der Waals surface area (Å²) < 4.78 is 5.19. The number of carbonyl (C=O) groups is 2. The van der Waals surface area contributed by atoms with Gasteiger partial charge in [-0.3, -0.25) is 4.79 Å². The molecule has 0 atom stereocenters. The molecule has 0 spiro atoms. The fraction of sp³-hybridized carbons (Fsp3) is 0.273. The first-order valence-corrected chi connectivity index (χ1v) is 9.39.